The van der Waals surface area contributed by atoms with E-state index in [1.165, 1.54) is 44.9 Å². The molecule has 1 N–H and O–H groups in total. The number of fused-ring (bicyclic) bond motifs is 21. The fourth-order valence-corrected chi connectivity index (χ4v) is 14.0. The minimum Gasteiger partial charge on any atom is -0.481 e. The summed E-state index contributed by atoms with van der Waals surface area (Å²) in [5.74, 6) is 11.3. The lowest BCUT2D eigenvalue weighted by Gasteiger charge is -2.54. The Kier molecular flexibility index (Phi) is 3.11. The number of aliphatic carboxylic acids is 1. The Morgan fingerprint density at radius 1 is 0.839 bits per heavy atom. The highest BCUT2D eigenvalue weighted by atomic mass is 16.4. The first kappa shape index (κ1) is 17.7. The first-order valence-electron chi connectivity index (χ1n) is 14.1. The van der Waals surface area contributed by atoms with E-state index in [-0.39, 0.29) is 5.92 Å². The lowest BCUT2D eigenvalue weighted by atomic mass is 9.50. The highest BCUT2D eigenvalue weighted by Gasteiger charge is 2.75. The quantitative estimate of drug-likeness (QED) is 0.439. The summed E-state index contributed by atoms with van der Waals surface area (Å²) >= 11 is 0. The third kappa shape index (κ3) is 1.78. The molecule has 8 saturated carbocycles. The van der Waals surface area contributed by atoms with Crippen LogP contribution in [0.15, 0.2) is 11.6 Å². The Morgan fingerprint density at radius 3 is 2.61 bits per heavy atom. The van der Waals surface area contributed by atoms with E-state index >= 15 is 0 Å². The molecule has 0 amide bonds. The van der Waals surface area contributed by atoms with Gasteiger partial charge in [-0.3, -0.25) is 4.79 Å². The van der Waals surface area contributed by atoms with Gasteiger partial charge < -0.3 is 5.11 Å². The molecule has 15 unspecified atom stereocenters. The maximum atomic E-state index is 12.1. The van der Waals surface area contributed by atoms with Crippen molar-refractivity contribution in [2.45, 2.75) is 70.6 Å². The lowest BCUT2D eigenvalue weighted by molar-refractivity contribution is -0.145. The van der Waals surface area contributed by atoms with Gasteiger partial charge in [0.1, 0.15) is 0 Å². The summed E-state index contributed by atoms with van der Waals surface area (Å²) in [6, 6.07) is 0. The van der Waals surface area contributed by atoms with Gasteiger partial charge in [-0.15, -0.1) is 0 Å². The van der Waals surface area contributed by atoms with Gasteiger partial charge in [-0.25, -0.2) is 0 Å². The van der Waals surface area contributed by atoms with E-state index in [0.717, 1.165) is 77.4 Å². The molecule has 9 aliphatic rings. The molecule has 15 atom stereocenters. The minimum atomic E-state index is -0.472. The van der Waals surface area contributed by atoms with Crippen molar-refractivity contribution in [3.8, 4) is 0 Å². The second kappa shape index (κ2) is 5.47. The van der Waals surface area contributed by atoms with Crippen molar-refractivity contribution >= 4 is 5.97 Å². The van der Waals surface area contributed by atoms with Crippen LogP contribution in [-0.2, 0) is 4.79 Å². The molecule has 0 aromatic rings. The lowest BCUT2D eigenvalue weighted by Crippen LogP contribution is -2.49. The van der Waals surface area contributed by atoms with E-state index in [1.807, 2.05) is 5.57 Å². The zero-order valence-corrected chi connectivity index (χ0v) is 18.8. The van der Waals surface area contributed by atoms with Crippen LogP contribution in [0.4, 0.5) is 0 Å². The zero-order valence-electron chi connectivity index (χ0n) is 18.8. The first-order valence-corrected chi connectivity index (χ1v) is 14.1. The van der Waals surface area contributed by atoms with Crippen LogP contribution in [0.3, 0.4) is 0 Å². The highest BCUT2D eigenvalue weighted by molar-refractivity contribution is 5.71. The van der Waals surface area contributed by atoms with Crippen molar-refractivity contribution in [3.05, 3.63) is 11.6 Å². The Bertz CT molecular complexity index is 904. The van der Waals surface area contributed by atoms with E-state index < -0.39 is 5.97 Å². The molecule has 9 aliphatic carbocycles. The molecule has 0 heterocycles. The maximum Gasteiger partial charge on any atom is 0.306 e. The van der Waals surface area contributed by atoms with Crippen LogP contribution in [0.1, 0.15) is 70.6 Å². The molecular formula is C29H38O2. The molecular weight excluding hydrogens is 380 g/mol. The first-order chi connectivity index (χ1) is 15.2. The second-order valence-corrected chi connectivity index (χ2v) is 14.0. The number of allylic oxidation sites excluding steroid dienone is 2. The number of carboxylic acids is 1. The molecule has 8 bridgehead atoms. The van der Waals surface area contributed by atoms with Gasteiger partial charge in [-0.2, -0.15) is 0 Å². The fourth-order valence-electron chi connectivity index (χ4n) is 14.0. The third-order valence-electron chi connectivity index (χ3n) is 13.9. The van der Waals surface area contributed by atoms with E-state index in [1.54, 1.807) is 19.3 Å². The number of rotatable bonds is 2. The second-order valence-electron chi connectivity index (χ2n) is 14.0. The molecule has 0 aromatic carbocycles. The van der Waals surface area contributed by atoms with Crippen molar-refractivity contribution in [2.24, 2.45) is 88.3 Å². The summed E-state index contributed by atoms with van der Waals surface area (Å²) in [6.07, 6.45) is 18.8. The minimum absolute atomic E-state index is 0.0121. The van der Waals surface area contributed by atoms with Gasteiger partial charge in [-0.05, 0) is 140 Å². The van der Waals surface area contributed by atoms with Crippen molar-refractivity contribution in [1.82, 2.24) is 0 Å². The van der Waals surface area contributed by atoms with Crippen LogP contribution >= 0.6 is 0 Å². The summed E-state index contributed by atoms with van der Waals surface area (Å²) in [7, 11) is 0. The van der Waals surface area contributed by atoms with Crippen LogP contribution in [0.25, 0.3) is 0 Å². The standard InChI is InChI=1S/C29H38O2/c30-28(31)19-9-15-8-18(19)26-20-10-16(24(15)26)11-23(20)29-12-21(17-3-1-2-4-22(17)29)25-13-5-6-14(7-13)27(25)29/h11,13-22,24-27H,1-10,12H2,(H,30,31). The van der Waals surface area contributed by atoms with Gasteiger partial charge in [0.25, 0.3) is 0 Å². The molecule has 0 aliphatic heterocycles. The number of hydrogen-bond donors (Lipinski definition) is 1. The molecule has 2 heteroatoms. The van der Waals surface area contributed by atoms with Crippen LogP contribution in [0.5, 0.6) is 0 Å². The molecule has 0 aromatic heterocycles. The van der Waals surface area contributed by atoms with Crippen molar-refractivity contribution in [2.75, 3.05) is 0 Å². The summed E-state index contributed by atoms with van der Waals surface area (Å²) in [4.78, 5) is 12.1. The van der Waals surface area contributed by atoms with Gasteiger partial charge in [0.05, 0.1) is 5.92 Å². The normalized spacial score (nSPS) is 65.9. The van der Waals surface area contributed by atoms with E-state index in [4.69, 9.17) is 0 Å². The van der Waals surface area contributed by atoms with Gasteiger partial charge in [0, 0.05) is 0 Å². The molecule has 31 heavy (non-hydrogen) atoms. The highest BCUT2D eigenvalue weighted by Crippen LogP contribution is 2.82. The van der Waals surface area contributed by atoms with Crippen LogP contribution in [-0.4, -0.2) is 11.1 Å². The van der Waals surface area contributed by atoms with Gasteiger partial charge in [0.15, 0.2) is 0 Å². The van der Waals surface area contributed by atoms with E-state index in [0.29, 0.717) is 11.3 Å². The summed E-state index contributed by atoms with van der Waals surface area (Å²) in [5.41, 5.74) is 2.56. The zero-order chi connectivity index (χ0) is 20.2. The average Bonchev–Trinajstić information content (AvgIpc) is 3.62. The van der Waals surface area contributed by atoms with Gasteiger partial charge >= 0.3 is 5.97 Å². The molecule has 0 radical (unpaired) electrons. The SMILES string of the molecule is O=C(O)C1CC2CC1C1C3CC(C=C3C34CC(C5CCCCC53)C3C5CCC(C5)C34)C21. The monoisotopic (exact) mass is 418 g/mol. The van der Waals surface area contributed by atoms with E-state index in [2.05, 4.69) is 6.08 Å². The van der Waals surface area contributed by atoms with Crippen LogP contribution in [0.2, 0.25) is 0 Å². The Hall–Kier alpha value is -0.790. The largest absolute Gasteiger partial charge is 0.481 e. The predicted octanol–water partition coefficient (Wildman–Crippen LogP) is 6.02. The number of carboxylic acid groups (broad SMARTS) is 1. The number of carbonyl (C=O) groups is 1. The summed E-state index contributed by atoms with van der Waals surface area (Å²) in [6.45, 7) is 0. The predicted molar refractivity (Wildman–Crippen MR) is 118 cm³/mol. The average molecular weight is 419 g/mol. The molecule has 0 saturated heterocycles. The van der Waals surface area contributed by atoms with Crippen molar-refractivity contribution in [1.29, 1.82) is 0 Å². The van der Waals surface area contributed by atoms with E-state index in [9.17, 15) is 9.90 Å². The Morgan fingerprint density at radius 2 is 1.71 bits per heavy atom. The van der Waals surface area contributed by atoms with Gasteiger partial charge in [-0.1, -0.05) is 24.5 Å². The molecule has 2 nitrogen and oxygen atoms in total. The molecule has 166 valence electrons. The van der Waals surface area contributed by atoms with Crippen molar-refractivity contribution < 1.29 is 9.90 Å². The topological polar surface area (TPSA) is 37.3 Å². The maximum absolute atomic E-state index is 12.1. The summed E-state index contributed by atoms with van der Waals surface area (Å²) < 4.78 is 0. The third-order valence-corrected chi connectivity index (χ3v) is 13.9. The van der Waals surface area contributed by atoms with Crippen LogP contribution < -0.4 is 0 Å². The smallest absolute Gasteiger partial charge is 0.306 e. The molecule has 8 fully saturated rings. The van der Waals surface area contributed by atoms with Crippen molar-refractivity contribution in [3.63, 3.8) is 0 Å². The fraction of sp³-hybridized carbons (Fsp3) is 0.897. The Balaban J connectivity index is 1.16. The molecule has 9 rings (SSSR count). The van der Waals surface area contributed by atoms with Gasteiger partial charge in [0.2, 0.25) is 0 Å². The number of hydrogen-bond acceptors (Lipinski definition) is 1. The Labute approximate surface area is 186 Å². The van der Waals surface area contributed by atoms with Crippen LogP contribution in [0, 0.1) is 88.3 Å². The summed E-state index contributed by atoms with van der Waals surface area (Å²) in [5, 5.41) is 9.94. The molecule has 0 spiro atoms.